The summed E-state index contributed by atoms with van der Waals surface area (Å²) in [5.41, 5.74) is 0.425. The second-order valence-corrected chi connectivity index (χ2v) is 6.46. The van der Waals surface area contributed by atoms with Crippen molar-refractivity contribution in [3.8, 4) is 0 Å². The van der Waals surface area contributed by atoms with Gasteiger partial charge in [-0.25, -0.2) is 0 Å². The highest BCUT2D eigenvalue weighted by atomic mass is 16.5. The molecule has 0 bridgehead atoms. The molecule has 1 aliphatic heterocycles. The lowest BCUT2D eigenvalue weighted by molar-refractivity contribution is -0.191. The molecule has 0 unspecified atom stereocenters. The normalized spacial score (nSPS) is 42.9. The molecule has 0 amide bonds. The molecule has 1 N–H and O–H groups in total. The van der Waals surface area contributed by atoms with Crippen LogP contribution in [0.15, 0.2) is 0 Å². The molecule has 2 aliphatic carbocycles. The van der Waals surface area contributed by atoms with E-state index in [1.807, 2.05) is 0 Å². The Kier molecular flexibility index (Phi) is 2.75. The van der Waals surface area contributed by atoms with Crippen LogP contribution in [0.3, 0.4) is 0 Å². The zero-order valence-electron chi connectivity index (χ0n) is 10.6. The molecular formula is C14H25NO. The first-order chi connectivity index (χ1) is 7.72. The van der Waals surface area contributed by atoms with Crippen LogP contribution < -0.4 is 5.32 Å². The SMILES string of the molecule is CC1CCC2(CC1)CNCC1(CCCC1)O2. The van der Waals surface area contributed by atoms with Crippen molar-refractivity contribution >= 4 is 0 Å². The molecule has 0 radical (unpaired) electrons. The average Bonchev–Trinajstić information content (AvgIpc) is 2.71. The highest BCUT2D eigenvalue weighted by Crippen LogP contribution is 2.44. The number of rotatable bonds is 0. The van der Waals surface area contributed by atoms with E-state index < -0.39 is 0 Å². The van der Waals surface area contributed by atoms with Crippen molar-refractivity contribution < 1.29 is 4.74 Å². The van der Waals surface area contributed by atoms with Crippen LogP contribution in [0.2, 0.25) is 0 Å². The van der Waals surface area contributed by atoms with Gasteiger partial charge >= 0.3 is 0 Å². The summed E-state index contributed by atoms with van der Waals surface area (Å²) in [7, 11) is 0. The van der Waals surface area contributed by atoms with Crippen molar-refractivity contribution in [2.75, 3.05) is 13.1 Å². The molecular weight excluding hydrogens is 198 g/mol. The fourth-order valence-electron chi connectivity index (χ4n) is 3.91. The predicted octanol–water partition coefficient (Wildman–Crippen LogP) is 2.87. The van der Waals surface area contributed by atoms with Gasteiger partial charge in [0.25, 0.3) is 0 Å². The third kappa shape index (κ3) is 1.91. The third-order valence-corrected chi connectivity index (χ3v) is 5.03. The van der Waals surface area contributed by atoms with Crippen molar-refractivity contribution in [1.82, 2.24) is 5.32 Å². The van der Waals surface area contributed by atoms with E-state index in [1.165, 1.54) is 51.4 Å². The van der Waals surface area contributed by atoms with Crippen LogP contribution in [0.1, 0.15) is 58.3 Å². The molecule has 3 aliphatic rings. The largest absolute Gasteiger partial charge is 0.366 e. The van der Waals surface area contributed by atoms with Gasteiger partial charge in [0, 0.05) is 13.1 Å². The monoisotopic (exact) mass is 223 g/mol. The van der Waals surface area contributed by atoms with Gasteiger partial charge in [-0.1, -0.05) is 19.8 Å². The third-order valence-electron chi connectivity index (χ3n) is 5.03. The van der Waals surface area contributed by atoms with Gasteiger partial charge in [0.2, 0.25) is 0 Å². The summed E-state index contributed by atoms with van der Waals surface area (Å²) in [6, 6.07) is 0. The molecule has 3 fully saturated rings. The fourth-order valence-corrected chi connectivity index (χ4v) is 3.91. The van der Waals surface area contributed by atoms with Gasteiger partial charge in [-0.2, -0.15) is 0 Å². The minimum atomic E-state index is 0.203. The van der Waals surface area contributed by atoms with Gasteiger partial charge in [-0.3, -0.25) is 0 Å². The van der Waals surface area contributed by atoms with Gasteiger partial charge in [0.15, 0.2) is 0 Å². The van der Waals surface area contributed by atoms with Crippen molar-refractivity contribution in [3.63, 3.8) is 0 Å². The maximum absolute atomic E-state index is 6.65. The van der Waals surface area contributed by atoms with Gasteiger partial charge in [-0.15, -0.1) is 0 Å². The van der Waals surface area contributed by atoms with E-state index >= 15 is 0 Å². The van der Waals surface area contributed by atoms with Crippen LogP contribution in [0.4, 0.5) is 0 Å². The Morgan fingerprint density at radius 3 is 2.12 bits per heavy atom. The molecule has 2 saturated carbocycles. The smallest absolute Gasteiger partial charge is 0.0814 e. The number of ether oxygens (including phenoxy) is 1. The van der Waals surface area contributed by atoms with Crippen LogP contribution >= 0.6 is 0 Å². The molecule has 2 spiro atoms. The summed E-state index contributed by atoms with van der Waals surface area (Å²) in [6.45, 7) is 4.58. The summed E-state index contributed by atoms with van der Waals surface area (Å²) < 4.78 is 6.65. The number of morpholine rings is 1. The van der Waals surface area contributed by atoms with Crippen LogP contribution in [-0.2, 0) is 4.74 Å². The second-order valence-electron chi connectivity index (χ2n) is 6.46. The molecule has 1 heterocycles. The molecule has 0 atom stereocenters. The predicted molar refractivity (Wildman–Crippen MR) is 65.5 cm³/mol. The Morgan fingerprint density at radius 1 is 0.938 bits per heavy atom. The zero-order valence-corrected chi connectivity index (χ0v) is 10.6. The molecule has 2 heteroatoms. The standard InChI is InChI=1S/C14H25NO/c1-12-4-8-14(9-5-12)11-15-10-13(16-14)6-2-3-7-13/h12,15H,2-11H2,1H3. The van der Waals surface area contributed by atoms with Crippen LogP contribution in [0, 0.1) is 5.92 Å². The molecule has 0 aromatic heterocycles. The highest BCUT2D eigenvalue weighted by molar-refractivity contribution is 5.00. The summed E-state index contributed by atoms with van der Waals surface area (Å²) in [5.74, 6) is 0.913. The van der Waals surface area contributed by atoms with Crippen molar-refractivity contribution in [2.24, 2.45) is 5.92 Å². The van der Waals surface area contributed by atoms with Gasteiger partial charge < -0.3 is 10.1 Å². The van der Waals surface area contributed by atoms with Crippen LogP contribution in [0.5, 0.6) is 0 Å². The molecule has 2 nitrogen and oxygen atoms in total. The molecule has 3 rings (SSSR count). The minimum Gasteiger partial charge on any atom is -0.366 e. The number of hydrogen-bond acceptors (Lipinski definition) is 2. The lowest BCUT2D eigenvalue weighted by Crippen LogP contribution is -2.60. The Balaban J connectivity index is 1.71. The minimum absolute atomic E-state index is 0.203. The molecule has 92 valence electrons. The van der Waals surface area contributed by atoms with E-state index in [4.69, 9.17) is 4.74 Å². The van der Waals surface area contributed by atoms with E-state index in [0.29, 0.717) is 0 Å². The number of nitrogens with one attached hydrogen (secondary N) is 1. The zero-order chi connectivity index (χ0) is 11.1. The quantitative estimate of drug-likeness (QED) is 0.682. The fraction of sp³-hybridized carbons (Fsp3) is 1.00. The Morgan fingerprint density at radius 2 is 1.50 bits per heavy atom. The van der Waals surface area contributed by atoms with Gasteiger partial charge in [-0.05, 0) is 44.4 Å². The topological polar surface area (TPSA) is 21.3 Å². The molecule has 1 saturated heterocycles. The molecule has 16 heavy (non-hydrogen) atoms. The summed E-state index contributed by atoms with van der Waals surface area (Å²) in [6.07, 6.45) is 10.6. The highest BCUT2D eigenvalue weighted by Gasteiger charge is 2.47. The lowest BCUT2D eigenvalue weighted by Gasteiger charge is -2.50. The maximum atomic E-state index is 6.65. The van der Waals surface area contributed by atoms with E-state index in [1.54, 1.807) is 0 Å². The lowest BCUT2D eigenvalue weighted by atomic mass is 9.77. The Labute approximate surface area is 99.1 Å². The van der Waals surface area contributed by atoms with Crippen LogP contribution in [-0.4, -0.2) is 24.3 Å². The average molecular weight is 223 g/mol. The summed E-state index contributed by atoms with van der Waals surface area (Å²) in [5, 5.41) is 3.67. The first-order valence-electron chi connectivity index (χ1n) is 7.13. The summed E-state index contributed by atoms with van der Waals surface area (Å²) in [4.78, 5) is 0. The first kappa shape index (κ1) is 11.0. The van der Waals surface area contributed by atoms with Gasteiger partial charge in [0.05, 0.1) is 11.2 Å². The maximum Gasteiger partial charge on any atom is 0.0814 e. The van der Waals surface area contributed by atoms with Gasteiger partial charge in [0.1, 0.15) is 0 Å². The Hall–Kier alpha value is -0.0800. The van der Waals surface area contributed by atoms with Crippen LogP contribution in [0.25, 0.3) is 0 Å². The molecule has 0 aromatic carbocycles. The van der Waals surface area contributed by atoms with Crippen molar-refractivity contribution in [3.05, 3.63) is 0 Å². The van der Waals surface area contributed by atoms with Crippen molar-refractivity contribution in [2.45, 2.75) is 69.5 Å². The van der Waals surface area contributed by atoms with Crippen molar-refractivity contribution in [1.29, 1.82) is 0 Å². The van der Waals surface area contributed by atoms with E-state index in [-0.39, 0.29) is 11.2 Å². The molecule has 0 aromatic rings. The summed E-state index contributed by atoms with van der Waals surface area (Å²) >= 11 is 0. The van der Waals surface area contributed by atoms with E-state index in [0.717, 1.165) is 19.0 Å². The first-order valence-corrected chi connectivity index (χ1v) is 7.13. The second kappa shape index (κ2) is 3.99. The van der Waals surface area contributed by atoms with E-state index in [9.17, 15) is 0 Å². The number of hydrogen-bond donors (Lipinski definition) is 1. The van der Waals surface area contributed by atoms with E-state index in [2.05, 4.69) is 12.2 Å². The Bertz CT molecular complexity index is 249.